The van der Waals surface area contributed by atoms with E-state index in [1.54, 1.807) is 6.20 Å². The van der Waals surface area contributed by atoms with Crippen LogP contribution in [0.2, 0.25) is 0 Å². The first-order valence-corrected chi connectivity index (χ1v) is 6.83. The van der Waals surface area contributed by atoms with E-state index < -0.39 is 0 Å². The Balaban J connectivity index is 1.59. The van der Waals surface area contributed by atoms with Crippen LogP contribution in [-0.2, 0) is 6.42 Å². The van der Waals surface area contributed by atoms with Gasteiger partial charge < -0.3 is 14.8 Å². The van der Waals surface area contributed by atoms with E-state index in [-0.39, 0.29) is 6.04 Å². The van der Waals surface area contributed by atoms with Gasteiger partial charge in [0.25, 0.3) is 0 Å². The molecule has 4 heteroatoms. The summed E-state index contributed by atoms with van der Waals surface area (Å²) in [6, 6.07) is 12.2. The fraction of sp³-hybridized carbons (Fsp3) is 0.312. The van der Waals surface area contributed by atoms with Crippen LogP contribution in [0, 0.1) is 0 Å². The number of nitrogens with zero attached hydrogens (tertiary/aromatic N) is 1. The lowest BCUT2D eigenvalue weighted by molar-refractivity contribution is 0.307. The smallest absolute Gasteiger partial charge is 0.127 e. The number of benzene rings is 1. The molecule has 0 saturated heterocycles. The molecule has 1 aromatic heterocycles. The highest BCUT2D eigenvalue weighted by Crippen LogP contribution is 2.34. The Labute approximate surface area is 118 Å². The Morgan fingerprint density at radius 2 is 2.30 bits per heavy atom. The third-order valence-corrected chi connectivity index (χ3v) is 3.47. The number of hydrogen-bond donors (Lipinski definition) is 1. The number of rotatable bonds is 5. The lowest BCUT2D eigenvalue weighted by Crippen LogP contribution is -2.17. The van der Waals surface area contributed by atoms with Gasteiger partial charge in [-0.3, -0.25) is 4.98 Å². The first-order valence-electron chi connectivity index (χ1n) is 6.83. The van der Waals surface area contributed by atoms with Crippen molar-refractivity contribution in [2.45, 2.75) is 12.5 Å². The number of hydrogen-bond acceptors (Lipinski definition) is 4. The van der Waals surface area contributed by atoms with Crippen LogP contribution < -0.4 is 14.8 Å². The lowest BCUT2D eigenvalue weighted by atomic mass is 10.1. The molecule has 0 bridgehead atoms. The van der Waals surface area contributed by atoms with Gasteiger partial charge in [-0.2, -0.15) is 0 Å². The molecule has 0 fully saturated rings. The van der Waals surface area contributed by atoms with E-state index in [1.165, 1.54) is 5.56 Å². The maximum atomic E-state index is 5.76. The lowest BCUT2D eigenvalue weighted by Gasteiger charge is -2.09. The summed E-state index contributed by atoms with van der Waals surface area (Å²) in [6.45, 7) is 1.30. The van der Waals surface area contributed by atoms with Gasteiger partial charge in [-0.15, -0.1) is 0 Å². The van der Waals surface area contributed by atoms with E-state index >= 15 is 0 Å². The largest absolute Gasteiger partial charge is 0.493 e. The Hall–Kier alpha value is -2.07. The van der Waals surface area contributed by atoms with Gasteiger partial charge in [0.1, 0.15) is 18.1 Å². The fourth-order valence-electron chi connectivity index (χ4n) is 2.34. The van der Waals surface area contributed by atoms with E-state index in [1.807, 2.05) is 37.4 Å². The van der Waals surface area contributed by atoms with Crippen molar-refractivity contribution in [2.75, 3.05) is 20.3 Å². The first kappa shape index (κ1) is 12.9. The van der Waals surface area contributed by atoms with Gasteiger partial charge in [-0.25, -0.2) is 0 Å². The first-order chi connectivity index (χ1) is 9.86. The zero-order chi connectivity index (χ0) is 13.8. The van der Waals surface area contributed by atoms with E-state index in [9.17, 15) is 0 Å². The number of fused-ring (bicyclic) bond motifs is 1. The molecule has 2 aromatic rings. The minimum Gasteiger partial charge on any atom is -0.493 e. The summed E-state index contributed by atoms with van der Waals surface area (Å²) in [7, 11) is 1.94. The average Bonchev–Trinajstić information content (AvgIpc) is 2.90. The molecule has 2 heterocycles. The summed E-state index contributed by atoms with van der Waals surface area (Å²) in [5.74, 6) is 1.76. The Morgan fingerprint density at radius 3 is 3.10 bits per heavy atom. The zero-order valence-corrected chi connectivity index (χ0v) is 11.5. The second-order valence-electron chi connectivity index (χ2n) is 4.77. The van der Waals surface area contributed by atoms with Crippen molar-refractivity contribution in [2.24, 2.45) is 0 Å². The molecule has 1 aliphatic heterocycles. The molecule has 20 heavy (non-hydrogen) atoms. The minimum atomic E-state index is 0.285. The maximum absolute atomic E-state index is 5.76. The monoisotopic (exact) mass is 270 g/mol. The quantitative estimate of drug-likeness (QED) is 0.905. The van der Waals surface area contributed by atoms with Crippen molar-refractivity contribution < 1.29 is 9.47 Å². The molecule has 0 amide bonds. The van der Waals surface area contributed by atoms with Gasteiger partial charge >= 0.3 is 0 Å². The normalized spacial score (nSPS) is 16.6. The van der Waals surface area contributed by atoms with E-state index in [2.05, 4.69) is 16.4 Å². The third kappa shape index (κ3) is 2.75. The zero-order valence-electron chi connectivity index (χ0n) is 11.5. The summed E-state index contributed by atoms with van der Waals surface area (Å²) in [6.07, 6.45) is 2.61. The van der Waals surface area contributed by atoms with E-state index in [0.29, 0.717) is 13.2 Å². The van der Waals surface area contributed by atoms with E-state index in [0.717, 1.165) is 23.6 Å². The number of likely N-dealkylation sites (N-methyl/N-ethyl adjacent to an activating group) is 1. The van der Waals surface area contributed by atoms with Crippen molar-refractivity contribution in [1.82, 2.24) is 10.3 Å². The van der Waals surface area contributed by atoms with Gasteiger partial charge in [0, 0.05) is 29.9 Å². The Morgan fingerprint density at radius 1 is 1.35 bits per heavy atom. The molecule has 0 spiro atoms. The molecular formula is C16H18N2O2. The van der Waals surface area contributed by atoms with Crippen molar-refractivity contribution in [1.29, 1.82) is 0 Å². The third-order valence-electron chi connectivity index (χ3n) is 3.47. The molecule has 0 saturated carbocycles. The number of pyridine rings is 1. The Kier molecular flexibility index (Phi) is 3.83. The van der Waals surface area contributed by atoms with Gasteiger partial charge in [-0.05, 0) is 31.3 Å². The molecule has 0 radical (unpaired) electrons. The molecule has 1 aliphatic rings. The molecule has 104 valence electrons. The molecular weight excluding hydrogens is 252 g/mol. The fourth-order valence-corrected chi connectivity index (χ4v) is 2.34. The Bertz CT molecular complexity index is 572. The SMILES string of the molecule is CNC1COc2cc(OCCc3ccccn3)ccc21. The highest BCUT2D eigenvalue weighted by molar-refractivity contribution is 5.44. The van der Waals surface area contributed by atoms with Crippen LogP contribution in [0.1, 0.15) is 17.3 Å². The summed E-state index contributed by atoms with van der Waals surface area (Å²) in [4.78, 5) is 4.28. The predicted octanol–water partition coefficient (Wildman–Crippen LogP) is 2.36. The number of aromatic nitrogens is 1. The molecule has 1 unspecified atom stereocenters. The van der Waals surface area contributed by atoms with Gasteiger partial charge in [0.15, 0.2) is 0 Å². The summed E-state index contributed by atoms with van der Waals surface area (Å²) in [5, 5.41) is 3.23. The van der Waals surface area contributed by atoms with Crippen molar-refractivity contribution in [3.63, 3.8) is 0 Å². The molecule has 4 nitrogen and oxygen atoms in total. The van der Waals surface area contributed by atoms with Crippen LogP contribution in [0.5, 0.6) is 11.5 Å². The van der Waals surface area contributed by atoms with Crippen molar-refractivity contribution >= 4 is 0 Å². The van der Waals surface area contributed by atoms with Crippen LogP contribution in [-0.4, -0.2) is 25.2 Å². The van der Waals surface area contributed by atoms with Crippen LogP contribution in [0.3, 0.4) is 0 Å². The van der Waals surface area contributed by atoms with Gasteiger partial charge in [0.2, 0.25) is 0 Å². The maximum Gasteiger partial charge on any atom is 0.127 e. The van der Waals surface area contributed by atoms with Crippen LogP contribution in [0.4, 0.5) is 0 Å². The van der Waals surface area contributed by atoms with Crippen molar-refractivity contribution in [3.8, 4) is 11.5 Å². The second kappa shape index (κ2) is 5.92. The highest BCUT2D eigenvalue weighted by atomic mass is 16.5. The van der Waals surface area contributed by atoms with Crippen LogP contribution in [0.25, 0.3) is 0 Å². The summed E-state index contributed by atoms with van der Waals surface area (Å²) in [5.41, 5.74) is 2.24. The highest BCUT2D eigenvalue weighted by Gasteiger charge is 2.22. The minimum absolute atomic E-state index is 0.285. The second-order valence-corrected chi connectivity index (χ2v) is 4.77. The van der Waals surface area contributed by atoms with Crippen LogP contribution >= 0.6 is 0 Å². The topological polar surface area (TPSA) is 43.4 Å². The predicted molar refractivity (Wildman–Crippen MR) is 77.2 cm³/mol. The average molecular weight is 270 g/mol. The van der Waals surface area contributed by atoms with E-state index in [4.69, 9.17) is 9.47 Å². The van der Waals surface area contributed by atoms with Crippen molar-refractivity contribution in [3.05, 3.63) is 53.9 Å². The van der Waals surface area contributed by atoms with Gasteiger partial charge in [0.05, 0.1) is 12.6 Å². The van der Waals surface area contributed by atoms with Gasteiger partial charge in [-0.1, -0.05) is 6.07 Å². The molecule has 3 rings (SSSR count). The summed E-state index contributed by atoms with van der Waals surface area (Å²) < 4.78 is 11.4. The van der Waals surface area contributed by atoms with Crippen LogP contribution in [0.15, 0.2) is 42.6 Å². The molecule has 1 N–H and O–H groups in total. The number of nitrogens with one attached hydrogen (secondary N) is 1. The molecule has 1 atom stereocenters. The molecule has 0 aliphatic carbocycles. The summed E-state index contributed by atoms with van der Waals surface area (Å²) >= 11 is 0. The number of ether oxygens (including phenoxy) is 2. The molecule has 1 aromatic carbocycles. The standard InChI is InChI=1S/C16H18N2O2/c1-17-15-11-20-16-10-13(5-6-14(15)16)19-9-7-12-4-2-3-8-18-12/h2-6,8,10,15,17H,7,9,11H2,1H3.